The first kappa shape index (κ1) is 14.1. The Balaban J connectivity index is 1.65. The normalized spacial score (nSPS) is 53.1. The highest BCUT2D eigenvalue weighted by Crippen LogP contribution is 2.64. The van der Waals surface area contributed by atoms with E-state index in [1.54, 1.807) is 0 Å². The molecule has 0 aromatic heterocycles. The summed E-state index contributed by atoms with van der Waals surface area (Å²) >= 11 is 0. The van der Waals surface area contributed by atoms with Crippen molar-refractivity contribution in [2.24, 2.45) is 40.2 Å². The van der Waals surface area contributed by atoms with E-state index >= 15 is 0 Å². The van der Waals surface area contributed by atoms with Gasteiger partial charge in [-0.1, -0.05) is 19.9 Å². The molecule has 4 aliphatic rings. The molecule has 118 valence electrons. The lowest BCUT2D eigenvalue weighted by Gasteiger charge is -2.58. The Morgan fingerprint density at radius 2 is 1.90 bits per heavy atom. The van der Waals surface area contributed by atoms with Gasteiger partial charge in [-0.05, 0) is 87.1 Å². The maximum Gasteiger partial charge on any atom is 0.0103 e. The van der Waals surface area contributed by atoms with Crippen molar-refractivity contribution in [3.8, 4) is 0 Å². The van der Waals surface area contributed by atoms with Gasteiger partial charge in [0, 0.05) is 11.1 Å². The van der Waals surface area contributed by atoms with Gasteiger partial charge in [-0.15, -0.1) is 0 Å². The molecule has 0 unspecified atom stereocenters. The minimum atomic E-state index is 0.327. The van der Waals surface area contributed by atoms with Crippen LogP contribution in [0.25, 0.3) is 0 Å². The van der Waals surface area contributed by atoms with Crippen LogP contribution in [0.15, 0.2) is 11.8 Å². The first-order valence-corrected chi connectivity index (χ1v) is 9.22. The topological polar surface area (TPSA) is 38.0 Å². The van der Waals surface area contributed by atoms with E-state index in [4.69, 9.17) is 5.73 Å². The van der Waals surface area contributed by atoms with Crippen LogP contribution in [0.1, 0.15) is 58.8 Å². The summed E-state index contributed by atoms with van der Waals surface area (Å²) in [6.45, 7) is 7.57. The lowest BCUT2D eigenvalue weighted by Crippen LogP contribution is -2.52. The molecule has 2 heteroatoms. The molecule has 2 nitrogen and oxygen atoms in total. The van der Waals surface area contributed by atoms with Crippen LogP contribution in [0, 0.1) is 34.5 Å². The van der Waals surface area contributed by atoms with E-state index in [9.17, 15) is 0 Å². The quantitative estimate of drug-likeness (QED) is 0.713. The zero-order chi connectivity index (χ0) is 14.7. The molecule has 1 aliphatic heterocycles. The fourth-order valence-corrected chi connectivity index (χ4v) is 6.76. The maximum absolute atomic E-state index is 6.39. The third kappa shape index (κ3) is 1.87. The molecule has 0 amide bonds. The number of rotatable bonds is 0. The van der Waals surface area contributed by atoms with Crippen LogP contribution in [0.4, 0.5) is 0 Å². The summed E-state index contributed by atoms with van der Waals surface area (Å²) in [6.07, 6.45) is 12.1. The second kappa shape index (κ2) is 4.75. The van der Waals surface area contributed by atoms with Crippen LogP contribution in [0.3, 0.4) is 0 Å². The molecule has 1 saturated heterocycles. The first-order valence-electron chi connectivity index (χ1n) is 9.22. The van der Waals surface area contributed by atoms with E-state index in [0.717, 1.165) is 23.7 Å². The lowest BCUT2D eigenvalue weighted by atomic mass is 9.46. The molecule has 0 spiro atoms. The summed E-state index contributed by atoms with van der Waals surface area (Å²) in [5.74, 6) is 3.68. The third-order valence-corrected chi connectivity index (χ3v) is 8.22. The van der Waals surface area contributed by atoms with Crippen molar-refractivity contribution in [3.63, 3.8) is 0 Å². The molecule has 4 rings (SSSR count). The predicted octanol–water partition coefficient (Wildman–Crippen LogP) is 3.68. The van der Waals surface area contributed by atoms with Crippen molar-refractivity contribution in [2.45, 2.75) is 58.8 Å². The minimum Gasteiger partial charge on any atom is -0.402 e. The number of hydrogen-bond acceptors (Lipinski definition) is 2. The minimum absolute atomic E-state index is 0.327. The van der Waals surface area contributed by atoms with Crippen molar-refractivity contribution in [3.05, 3.63) is 11.8 Å². The Bertz CT molecular complexity index is 456. The fourth-order valence-electron chi connectivity index (χ4n) is 6.76. The maximum atomic E-state index is 6.39. The molecule has 1 heterocycles. The Kier molecular flexibility index (Phi) is 3.19. The number of allylic oxidation sites excluding steroid dienone is 2. The first-order chi connectivity index (χ1) is 10.1. The Morgan fingerprint density at radius 3 is 2.76 bits per heavy atom. The summed E-state index contributed by atoms with van der Waals surface area (Å²) in [5, 5.41) is 3.65. The van der Waals surface area contributed by atoms with Crippen molar-refractivity contribution >= 4 is 0 Å². The molecule has 0 aromatic carbocycles. The largest absolute Gasteiger partial charge is 0.402 e. The van der Waals surface area contributed by atoms with Gasteiger partial charge in [0.05, 0.1) is 0 Å². The van der Waals surface area contributed by atoms with Gasteiger partial charge in [-0.25, -0.2) is 0 Å². The Labute approximate surface area is 129 Å². The van der Waals surface area contributed by atoms with E-state index in [2.05, 4.69) is 25.2 Å². The molecule has 3 fully saturated rings. The van der Waals surface area contributed by atoms with E-state index in [-0.39, 0.29) is 0 Å². The Hall–Kier alpha value is -0.500. The van der Waals surface area contributed by atoms with Gasteiger partial charge in [0.25, 0.3) is 0 Å². The lowest BCUT2D eigenvalue weighted by molar-refractivity contribution is -0.0832. The highest BCUT2D eigenvalue weighted by molar-refractivity contribution is 5.22. The highest BCUT2D eigenvalue weighted by Gasteiger charge is 2.57. The summed E-state index contributed by atoms with van der Waals surface area (Å²) in [5.41, 5.74) is 8.51. The fraction of sp³-hybridized carbons (Fsp3) is 0.895. The van der Waals surface area contributed by atoms with Gasteiger partial charge in [-0.3, -0.25) is 0 Å². The van der Waals surface area contributed by atoms with Gasteiger partial charge < -0.3 is 11.1 Å². The van der Waals surface area contributed by atoms with Gasteiger partial charge in [0.2, 0.25) is 0 Å². The van der Waals surface area contributed by atoms with Crippen LogP contribution in [0.2, 0.25) is 0 Å². The van der Waals surface area contributed by atoms with Crippen LogP contribution < -0.4 is 11.1 Å². The Morgan fingerprint density at radius 1 is 1.05 bits per heavy atom. The molecular weight excluding hydrogens is 256 g/mol. The second-order valence-electron chi connectivity index (χ2n) is 8.80. The predicted molar refractivity (Wildman–Crippen MR) is 87.6 cm³/mol. The van der Waals surface area contributed by atoms with Gasteiger partial charge >= 0.3 is 0 Å². The van der Waals surface area contributed by atoms with E-state index < -0.39 is 0 Å². The molecule has 6 atom stereocenters. The SMILES string of the molecule is C[C@]12CCNCC[C@@H]1CC[C@@H]1[C@@H]2CC[C@]2(C)C(N)=CC[C@@H]12. The van der Waals surface area contributed by atoms with Gasteiger partial charge in [0.1, 0.15) is 0 Å². The molecule has 2 saturated carbocycles. The summed E-state index contributed by atoms with van der Waals surface area (Å²) in [4.78, 5) is 0. The number of hydrogen-bond donors (Lipinski definition) is 2. The number of fused-ring (bicyclic) bond motifs is 5. The number of nitrogens with two attached hydrogens (primary N) is 1. The van der Waals surface area contributed by atoms with E-state index in [0.29, 0.717) is 10.8 Å². The van der Waals surface area contributed by atoms with Crippen molar-refractivity contribution in [1.29, 1.82) is 0 Å². The third-order valence-electron chi connectivity index (χ3n) is 8.22. The zero-order valence-corrected chi connectivity index (χ0v) is 13.8. The van der Waals surface area contributed by atoms with Crippen molar-refractivity contribution < 1.29 is 0 Å². The molecular formula is C19H32N2. The molecule has 0 bridgehead atoms. The molecule has 3 N–H and O–H groups in total. The highest BCUT2D eigenvalue weighted by atomic mass is 14.9. The van der Waals surface area contributed by atoms with Crippen LogP contribution in [-0.2, 0) is 0 Å². The van der Waals surface area contributed by atoms with Crippen molar-refractivity contribution in [2.75, 3.05) is 13.1 Å². The average Bonchev–Trinajstić information content (AvgIpc) is 2.65. The average molecular weight is 288 g/mol. The summed E-state index contributed by atoms with van der Waals surface area (Å²) in [7, 11) is 0. The second-order valence-corrected chi connectivity index (χ2v) is 8.80. The number of nitrogens with one attached hydrogen (secondary N) is 1. The summed E-state index contributed by atoms with van der Waals surface area (Å²) < 4.78 is 0. The van der Waals surface area contributed by atoms with Gasteiger partial charge in [0.15, 0.2) is 0 Å². The van der Waals surface area contributed by atoms with Crippen LogP contribution in [-0.4, -0.2) is 13.1 Å². The smallest absolute Gasteiger partial charge is 0.0103 e. The van der Waals surface area contributed by atoms with E-state index in [1.807, 2.05) is 0 Å². The van der Waals surface area contributed by atoms with Gasteiger partial charge in [-0.2, -0.15) is 0 Å². The summed E-state index contributed by atoms with van der Waals surface area (Å²) in [6, 6.07) is 0. The van der Waals surface area contributed by atoms with Crippen LogP contribution >= 0.6 is 0 Å². The molecule has 0 radical (unpaired) electrons. The standard InChI is InChI=1S/C19H32N2/c1-18-10-12-21-11-8-13(18)3-4-14-15-5-6-17(20)19(15,2)9-7-16(14)18/h6,13-16,21H,3-5,7-12,20H2,1-2H3/t13-,14-,15-,16-,18-,19-/m0/s1. The monoisotopic (exact) mass is 288 g/mol. The van der Waals surface area contributed by atoms with Crippen LogP contribution in [0.5, 0.6) is 0 Å². The molecule has 0 aromatic rings. The molecule has 3 aliphatic carbocycles. The van der Waals surface area contributed by atoms with Crippen molar-refractivity contribution in [1.82, 2.24) is 5.32 Å². The zero-order valence-electron chi connectivity index (χ0n) is 13.8. The van der Waals surface area contributed by atoms with E-state index in [1.165, 1.54) is 63.7 Å². The molecule has 21 heavy (non-hydrogen) atoms.